The van der Waals surface area contributed by atoms with Gasteiger partial charge in [-0.3, -0.25) is 9.79 Å². The van der Waals surface area contributed by atoms with Gasteiger partial charge in [0.2, 0.25) is 0 Å². The van der Waals surface area contributed by atoms with E-state index in [-0.39, 0.29) is 48.3 Å². The number of hydrogen-bond acceptors (Lipinski definition) is 3. The summed E-state index contributed by atoms with van der Waals surface area (Å²) in [5.74, 6) is 0.421. The Kier molecular flexibility index (Phi) is 8.56. The van der Waals surface area contributed by atoms with Crippen LogP contribution in [0, 0.1) is 5.82 Å². The number of piperazine rings is 1. The Labute approximate surface area is 181 Å². The van der Waals surface area contributed by atoms with Crippen LogP contribution in [0.25, 0.3) is 0 Å². The highest BCUT2D eigenvalue weighted by molar-refractivity contribution is 14.0. The van der Waals surface area contributed by atoms with E-state index in [0.29, 0.717) is 49.3 Å². The van der Waals surface area contributed by atoms with Crippen LogP contribution in [0.2, 0.25) is 5.02 Å². The number of guanidine groups is 1. The van der Waals surface area contributed by atoms with E-state index in [0.717, 1.165) is 12.8 Å². The molecule has 1 aromatic rings. The van der Waals surface area contributed by atoms with Gasteiger partial charge in [-0.2, -0.15) is 0 Å². The summed E-state index contributed by atoms with van der Waals surface area (Å²) in [6.07, 6.45) is 1.49. The first-order chi connectivity index (χ1) is 12.6. The fourth-order valence-electron chi connectivity index (χ4n) is 3.32. The first kappa shape index (κ1) is 22.2. The minimum Gasteiger partial charge on any atom is -0.368 e. The van der Waals surface area contributed by atoms with Gasteiger partial charge < -0.3 is 19.9 Å². The fourth-order valence-corrected chi connectivity index (χ4v) is 3.55. The van der Waals surface area contributed by atoms with Gasteiger partial charge in [-0.25, -0.2) is 4.39 Å². The summed E-state index contributed by atoms with van der Waals surface area (Å²) in [6.45, 7) is 3.52. The zero-order valence-corrected chi connectivity index (χ0v) is 18.4. The maximum atomic E-state index is 13.9. The number of nitrogens with one attached hydrogen (secondary N) is 1. The van der Waals surface area contributed by atoms with Gasteiger partial charge in [-0.1, -0.05) is 17.7 Å². The lowest BCUT2D eigenvalue weighted by Crippen LogP contribution is -2.55. The second-order valence-corrected chi connectivity index (χ2v) is 6.82. The summed E-state index contributed by atoms with van der Waals surface area (Å²) in [5, 5.41) is 3.55. The average Bonchev–Trinajstić information content (AvgIpc) is 3.19. The molecular weight excluding hydrogens is 486 g/mol. The molecule has 150 valence electrons. The topological polar surface area (TPSA) is 57.2 Å². The monoisotopic (exact) mass is 510 g/mol. The van der Waals surface area contributed by atoms with E-state index >= 15 is 0 Å². The summed E-state index contributed by atoms with van der Waals surface area (Å²) in [4.78, 5) is 20.6. The van der Waals surface area contributed by atoms with Crippen LogP contribution in [0.5, 0.6) is 0 Å². The molecule has 0 saturated carbocycles. The third-order valence-electron chi connectivity index (χ3n) is 4.79. The Morgan fingerprint density at radius 2 is 2.04 bits per heavy atom. The summed E-state index contributed by atoms with van der Waals surface area (Å²) >= 11 is 6.07. The molecule has 1 amide bonds. The zero-order chi connectivity index (χ0) is 18.5. The van der Waals surface area contributed by atoms with Crippen molar-refractivity contribution < 1.29 is 13.9 Å². The number of halogens is 3. The highest BCUT2D eigenvalue weighted by atomic mass is 127. The standard InChI is InChI=1S/C18H24ClFN4O2.HI/c1-21-18(22-12-13-14(19)4-2-5-15(13)20)24-9-7-23(8-10-24)17(25)16-6-3-11-26-16;/h2,4-5,16H,3,6-12H2,1H3,(H,21,22);1H. The van der Waals surface area contributed by atoms with Gasteiger partial charge in [-0.15, -0.1) is 24.0 Å². The van der Waals surface area contributed by atoms with Gasteiger partial charge in [0.25, 0.3) is 5.91 Å². The summed E-state index contributed by atoms with van der Waals surface area (Å²) < 4.78 is 19.4. The SMILES string of the molecule is CN=C(NCc1c(F)cccc1Cl)N1CCN(C(=O)C2CCCO2)CC1.I. The highest BCUT2D eigenvalue weighted by Crippen LogP contribution is 2.19. The predicted octanol–water partition coefficient (Wildman–Crippen LogP) is 2.50. The van der Waals surface area contributed by atoms with Gasteiger partial charge in [0.15, 0.2) is 5.96 Å². The molecule has 3 rings (SSSR count). The van der Waals surface area contributed by atoms with Crippen molar-refractivity contribution in [2.75, 3.05) is 39.8 Å². The number of nitrogens with zero attached hydrogens (tertiary/aromatic N) is 3. The van der Waals surface area contributed by atoms with Crippen molar-refractivity contribution in [3.05, 3.63) is 34.6 Å². The molecule has 2 saturated heterocycles. The van der Waals surface area contributed by atoms with E-state index in [9.17, 15) is 9.18 Å². The van der Waals surface area contributed by atoms with Crippen LogP contribution in [-0.2, 0) is 16.1 Å². The molecule has 0 aliphatic carbocycles. The second-order valence-electron chi connectivity index (χ2n) is 6.41. The molecule has 27 heavy (non-hydrogen) atoms. The van der Waals surface area contributed by atoms with Crippen LogP contribution in [0.3, 0.4) is 0 Å². The third-order valence-corrected chi connectivity index (χ3v) is 5.15. The van der Waals surface area contributed by atoms with Gasteiger partial charge in [0.05, 0.1) is 0 Å². The van der Waals surface area contributed by atoms with Crippen molar-refractivity contribution in [1.82, 2.24) is 15.1 Å². The Hall–Kier alpha value is -1.13. The molecule has 2 aliphatic rings. The van der Waals surface area contributed by atoms with Gasteiger partial charge in [0, 0.05) is 57.0 Å². The van der Waals surface area contributed by atoms with Crippen LogP contribution in [0.1, 0.15) is 18.4 Å². The first-order valence-electron chi connectivity index (χ1n) is 8.89. The number of aliphatic imine (C=N–C) groups is 1. The second kappa shape index (κ2) is 10.4. The molecule has 0 spiro atoms. The van der Waals surface area contributed by atoms with Crippen LogP contribution >= 0.6 is 35.6 Å². The summed E-state index contributed by atoms with van der Waals surface area (Å²) in [7, 11) is 1.69. The molecule has 2 aliphatic heterocycles. The largest absolute Gasteiger partial charge is 0.368 e. The van der Waals surface area contributed by atoms with Crippen molar-refractivity contribution in [3.8, 4) is 0 Å². The normalized spacial score (nSPS) is 20.4. The Bertz CT molecular complexity index is 657. The highest BCUT2D eigenvalue weighted by Gasteiger charge is 2.30. The van der Waals surface area contributed by atoms with E-state index in [1.165, 1.54) is 6.07 Å². The van der Waals surface area contributed by atoms with Crippen LogP contribution < -0.4 is 5.32 Å². The molecule has 0 radical (unpaired) electrons. The molecule has 0 bridgehead atoms. The molecule has 6 nitrogen and oxygen atoms in total. The van der Waals surface area contributed by atoms with Crippen LogP contribution in [-0.4, -0.2) is 67.6 Å². The lowest BCUT2D eigenvalue weighted by atomic mass is 10.2. The zero-order valence-electron chi connectivity index (χ0n) is 15.3. The summed E-state index contributed by atoms with van der Waals surface area (Å²) in [6, 6.07) is 4.64. The maximum absolute atomic E-state index is 13.9. The smallest absolute Gasteiger partial charge is 0.251 e. The minimum atomic E-state index is -0.340. The number of rotatable bonds is 3. The van der Waals surface area contributed by atoms with Crippen molar-refractivity contribution in [1.29, 1.82) is 0 Å². The minimum absolute atomic E-state index is 0. The molecule has 0 aromatic heterocycles. The molecule has 9 heteroatoms. The van der Waals surface area contributed by atoms with E-state index in [4.69, 9.17) is 16.3 Å². The van der Waals surface area contributed by atoms with E-state index in [1.54, 1.807) is 19.2 Å². The number of amides is 1. The lowest BCUT2D eigenvalue weighted by molar-refractivity contribution is -0.142. The molecule has 1 aromatic carbocycles. The van der Waals surface area contributed by atoms with Crippen molar-refractivity contribution >= 4 is 47.4 Å². The van der Waals surface area contributed by atoms with Gasteiger partial charge in [-0.05, 0) is 25.0 Å². The Balaban J connectivity index is 0.00000261. The van der Waals surface area contributed by atoms with Crippen molar-refractivity contribution in [2.24, 2.45) is 4.99 Å². The van der Waals surface area contributed by atoms with Crippen molar-refractivity contribution in [3.63, 3.8) is 0 Å². The third kappa shape index (κ3) is 5.45. The Morgan fingerprint density at radius 1 is 1.33 bits per heavy atom. The first-order valence-corrected chi connectivity index (χ1v) is 9.27. The van der Waals surface area contributed by atoms with E-state index < -0.39 is 0 Å². The average molecular weight is 511 g/mol. The van der Waals surface area contributed by atoms with Crippen LogP contribution in [0.4, 0.5) is 4.39 Å². The number of carbonyl (C=O) groups is 1. The van der Waals surface area contributed by atoms with Crippen LogP contribution in [0.15, 0.2) is 23.2 Å². The quantitative estimate of drug-likeness (QED) is 0.386. The lowest BCUT2D eigenvalue weighted by Gasteiger charge is -2.37. The fraction of sp³-hybridized carbons (Fsp3) is 0.556. The molecular formula is C18H25ClFIN4O2. The maximum Gasteiger partial charge on any atom is 0.251 e. The number of carbonyl (C=O) groups excluding carboxylic acids is 1. The molecule has 2 heterocycles. The molecule has 2 fully saturated rings. The van der Waals surface area contributed by atoms with E-state index in [2.05, 4.69) is 15.2 Å². The number of benzene rings is 1. The molecule has 1 unspecified atom stereocenters. The van der Waals surface area contributed by atoms with Gasteiger partial charge >= 0.3 is 0 Å². The number of ether oxygens (including phenoxy) is 1. The molecule has 1 N–H and O–H groups in total. The Morgan fingerprint density at radius 3 is 2.63 bits per heavy atom. The van der Waals surface area contributed by atoms with E-state index in [1.807, 2.05) is 4.90 Å². The van der Waals surface area contributed by atoms with Crippen molar-refractivity contribution in [2.45, 2.75) is 25.5 Å². The van der Waals surface area contributed by atoms with Gasteiger partial charge in [0.1, 0.15) is 11.9 Å². The predicted molar refractivity (Wildman–Crippen MR) is 114 cm³/mol. The molecule has 1 atom stereocenters. The summed E-state index contributed by atoms with van der Waals surface area (Å²) in [5.41, 5.74) is 0.419. The number of hydrogen-bond donors (Lipinski definition) is 1.